The standard InChI is InChI=1S/C18H13BrN8O2/c19-13-8-4-5-11(9-13)10-21-23-18(28)15-14(12-6-2-1-3-7-12)22-26-27(15)17-16(20)24-29-25-17/h1-10H,(H2,20,24)(H,23,28). The molecule has 0 radical (unpaired) electrons. The van der Waals surface area contributed by atoms with Gasteiger partial charge in [-0.1, -0.05) is 63.6 Å². The number of carbonyl (C=O) groups is 1. The predicted molar refractivity (Wildman–Crippen MR) is 108 cm³/mol. The lowest BCUT2D eigenvalue weighted by Crippen LogP contribution is -2.22. The SMILES string of the molecule is Nc1nonc1-n1nnc(-c2ccccc2)c1C(=O)NN=Cc1cccc(Br)c1. The summed E-state index contributed by atoms with van der Waals surface area (Å²) in [7, 11) is 0. The maximum absolute atomic E-state index is 12.9. The Balaban J connectivity index is 1.69. The summed E-state index contributed by atoms with van der Waals surface area (Å²) >= 11 is 3.39. The van der Waals surface area contributed by atoms with Gasteiger partial charge in [0, 0.05) is 10.0 Å². The van der Waals surface area contributed by atoms with Crippen LogP contribution in [0.4, 0.5) is 5.82 Å². The molecular formula is C18H13BrN8O2. The molecule has 2 aromatic heterocycles. The van der Waals surface area contributed by atoms with E-state index in [1.807, 2.05) is 42.5 Å². The number of nitrogens with zero attached hydrogens (tertiary/aromatic N) is 6. The number of benzene rings is 2. The summed E-state index contributed by atoms with van der Waals surface area (Å²) < 4.78 is 6.68. The fourth-order valence-electron chi connectivity index (χ4n) is 2.57. The monoisotopic (exact) mass is 452 g/mol. The van der Waals surface area contributed by atoms with Crippen molar-refractivity contribution >= 4 is 33.9 Å². The third-order valence-electron chi connectivity index (χ3n) is 3.86. The Morgan fingerprint density at radius 1 is 1.17 bits per heavy atom. The summed E-state index contributed by atoms with van der Waals surface area (Å²) in [6.45, 7) is 0. The zero-order chi connectivity index (χ0) is 20.2. The third-order valence-corrected chi connectivity index (χ3v) is 4.35. The summed E-state index contributed by atoms with van der Waals surface area (Å²) in [4.78, 5) is 12.9. The number of hydrogen-bond donors (Lipinski definition) is 2. The van der Waals surface area contributed by atoms with E-state index in [4.69, 9.17) is 5.73 Å². The van der Waals surface area contributed by atoms with Gasteiger partial charge in [0.1, 0.15) is 5.69 Å². The first-order valence-electron chi connectivity index (χ1n) is 8.32. The highest BCUT2D eigenvalue weighted by Gasteiger charge is 2.25. The van der Waals surface area contributed by atoms with Crippen LogP contribution in [0.15, 0.2) is 68.8 Å². The van der Waals surface area contributed by atoms with Gasteiger partial charge in [-0.15, -0.1) is 5.10 Å². The lowest BCUT2D eigenvalue weighted by atomic mass is 10.1. The van der Waals surface area contributed by atoms with Crippen molar-refractivity contribution in [2.24, 2.45) is 5.10 Å². The van der Waals surface area contributed by atoms with Gasteiger partial charge in [0.15, 0.2) is 5.69 Å². The first kappa shape index (κ1) is 18.5. The van der Waals surface area contributed by atoms with Crippen LogP contribution in [0.2, 0.25) is 0 Å². The second kappa shape index (κ2) is 8.02. The van der Waals surface area contributed by atoms with E-state index in [9.17, 15) is 4.79 Å². The Morgan fingerprint density at radius 3 is 2.72 bits per heavy atom. The van der Waals surface area contributed by atoms with Crippen LogP contribution in [0.1, 0.15) is 16.1 Å². The van der Waals surface area contributed by atoms with Gasteiger partial charge in [0.05, 0.1) is 6.21 Å². The summed E-state index contributed by atoms with van der Waals surface area (Å²) in [5, 5.41) is 19.3. The van der Waals surface area contributed by atoms with Crippen molar-refractivity contribution in [2.75, 3.05) is 5.73 Å². The van der Waals surface area contributed by atoms with E-state index in [1.54, 1.807) is 12.1 Å². The Kier molecular flexibility index (Phi) is 5.12. The smallest absolute Gasteiger partial charge is 0.292 e. The van der Waals surface area contributed by atoms with Gasteiger partial charge in [-0.05, 0) is 28.0 Å². The molecule has 0 aliphatic carbocycles. The topological polar surface area (TPSA) is 137 Å². The highest BCUT2D eigenvalue weighted by molar-refractivity contribution is 9.10. The summed E-state index contributed by atoms with van der Waals surface area (Å²) in [5.41, 5.74) is 10.2. The second-order valence-electron chi connectivity index (χ2n) is 5.79. The number of nitrogens with two attached hydrogens (primary N) is 1. The van der Waals surface area contributed by atoms with Crippen molar-refractivity contribution in [1.29, 1.82) is 0 Å². The summed E-state index contributed by atoms with van der Waals surface area (Å²) in [5.74, 6) is -0.524. The van der Waals surface area contributed by atoms with Gasteiger partial charge in [-0.3, -0.25) is 4.79 Å². The van der Waals surface area contributed by atoms with Crippen molar-refractivity contribution in [3.63, 3.8) is 0 Å². The predicted octanol–water partition coefficient (Wildman–Crippen LogP) is 2.43. The number of nitrogen functional groups attached to an aromatic ring is 1. The zero-order valence-corrected chi connectivity index (χ0v) is 16.3. The highest BCUT2D eigenvalue weighted by Crippen LogP contribution is 2.24. The van der Waals surface area contributed by atoms with Crippen molar-refractivity contribution in [3.05, 3.63) is 70.3 Å². The number of rotatable bonds is 5. The highest BCUT2D eigenvalue weighted by atomic mass is 79.9. The Morgan fingerprint density at radius 2 is 2.00 bits per heavy atom. The molecule has 2 heterocycles. The van der Waals surface area contributed by atoms with E-state index in [2.05, 4.69) is 51.7 Å². The van der Waals surface area contributed by atoms with Crippen molar-refractivity contribution < 1.29 is 9.42 Å². The van der Waals surface area contributed by atoms with Crippen LogP contribution in [0.5, 0.6) is 0 Å². The molecule has 4 aromatic rings. The quantitative estimate of drug-likeness (QED) is 0.350. The molecule has 10 nitrogen and oxygen atoms in total. The lowest BCUT2D eigenvalue weighted by Gasteiger charge is -2.04. The molecule has 2 aromatic carbocycles. The van der Waals surface area contributed by atoms with E-state index in [1.165, 1.54) is 6.21 Å². The molecule has 4 rings (SSSR count). The van der Waals surface area contributed by atoms with E-state index in [-0.39, 0.29) is 17.3 Å². The number of nitrogens with one attached hydrogen (secondary N) is 1. The van der Waals surface area contributed by atoms with Gasteiger partial charge in [0.2, 0.25) is 11.6 Å². The first-order chi connectivity index (χ1) is 14.1. The molecule has 1 amide bonds. The zero-order valence-electron chi connectivity index (χ0n) is 14.7. The molecule has 11 heteroatoms. The minimum Gasteiger partial charge on any atom is -0.378 e. The number of hydrogen-bond acceptors (Lipinski definition) is 8. The average molecular weight is 453 g/mol. The minimum atomic E-state index is -0.553. The average Bonchev–Trinajstić information content (AvgIpc) is 3.34. The molecule has 0 bridgehead atoms. The summed E-state index contributed by atoms with van der Waals surface area (Å²) in [6, 6.07) is 16.6. The lowest BCUT2D eigenvalue weighted by molar-refractivity contribution is 0.0948. The molecule has 144 valence electrons. The minimum absolute atomic E-state index is 0.0267. The van der Waals surface area contributed by atoms with Crippen LogP contribution >= 0.6 is 15.9 Å². The number of aromatic nitrogens is 5. The van der Waals surface area contributed by atoms with Crippen LogP contribution in [0, 0.1) is 0 Å². The Labute approximate surface area is 172 Å². The van der Waals surface area contributed by atoms with E-state index < -0.39 is 5.91 Å². The maximum atomic E-state index is 12.9. The van der Waals surface area contributed by atoms with Crippen LogP contribution < -0.4 is 11.2 Å². The fourth-order valence-corrected chi connectivity index (χ4v) is 2.98. The molecule has 0 aliphatic rings. The Bertz CT molecular complexity index is 1190. The van der Waals surface area contributed by atoms with Gasteiger partial charge in [0.25, 0.3) is 5.91 Å². The van der Waals surface area contributed by atoms with E-state index >= 15 is 0 Å². The third kappa shape index (κ3) is 3.89. The maximum Gasteiger partial charge on any atom is 0.292 e. The number of anilines is 1. The van der Waals surface area contributed by atoms with Crippen LogP contribution in [0.3, 0.4) is 0 Å². The normalized spacial score (nSPS) is 11.1. The van der Waals surface area contributed by atoms with E-state index in [0.29, 0.717) is 11.3 Å². The Hall–Kier alpha value is -3.86. The number of carbonyl (C=O) groups excluding carboxylic acids is 1. The second-order valence-corrected chi connectivity index (χ2v) is 6.71. The molecular weight excluding hydrogens is 440 g/mol. The largest absolute Gasteiger partial charge is 0.378 e. The molecule has 0 unspecified atom stereocenters. The van der Waals surface area contributed by atoms with Crippen LogP contribution in [0.25, 0.3) is 17.1 Å². The first-order valence-corrected chi connectivity index (χ1v) is 9.11. The molecule has 29 heavy (non-hydrogen) atoms. The van der Waals surface area contributed by atoms with Crippen molar-refractivity contribution in [1.82, 2.24) is 30.7 Å². The molecule has 0 saturated carbocycles. The van der Waals surface area contributed by atoms with Gasteiger partial charge in [-0.2, -0.15) is 9.78 Å². The number of hydrazone groups is 1. The summed E-state index contributed by atoms with van der Waals surface area (Å²) in [6.07, 6.45) is 1.52. The number of amides is 1. The van der Waals surface area contributed by atoms with Crippen LogP contribution in [-0.4, -0.2) is 37.4 Å². The molecule has 0 spiro atoms. The van der Waals surface area contributed by atoms with Gasteiger partial charge < -0.3 is 5.73 Å². The fraction of sp³-hybridized carbons (Fsp3) is 0. The number of halogens is 1. The van der Waals surface area contributed by atoms with Gasteiger partial charge in [-0.25, -0.2) is 10.1 Å². The van der Waals surface area contributed by atoms with Gasteiger partial charge >= 0.3 is 0 Å². The van der Waals surface area contributed by atoms with Crippen LogP contribution in [-0.2, 0) is 0 Å². The molecule has 0 saturated heterocycles. The van der Waals surface area contributed by atoms with Crippen molar-refractivity contribution in [3.8, 4) is 17.1 Å². The molecule has 0 aliphatic heterocycles. The molecule has 3 N–H and O–H groups in total. The van der Waals surface area contributed by atoms with Crippen molar-refractivity contribution in [2.45, 2.75) is 0 Å². The van der Waals surface area contributed by atoms with E-state index in [0.717, 1.165) is 14.7 Å². The molecule has 0 atom stereocenters. The molecule has 0 fully saturated rings.